The van der Waals surface area contributed by atoms with Crippen LogP contribution >= 0.6 is 0 Å². The van der Waals surface area contributed by atoms with Gasteiger partial charge < -0.3 is 5.32 Å². The van der Waals surface area contributed by atoms with Crippen LogP contribution in [-0.2, 0) is 19.4 Å². The Bertz CT molecular complexity index is 935. The second-order valence-corrected chi connectivity index (χ2v) is 6.68. The van der Waals surface area contributed by atoms with Gasteiger partial charge in [0.05, 0.1) is 11.1 Å². The maximum atomic E-state index is 13.1. The Morgan fingerprint density at radius 3 is 2.92 bits per heavy atom. The molecule has 0 spiro atoms. The Morgan fingerprint density at radius 1 is 1.20 bits per heavy atom. The highest BCUT2D eigenvalue weighted by atomic mass is 16.1. The number of carbonyl (C=O) groups excluding carboxylic acids is 1. The number of hydrogen-bond acceptors (Lipinski definition) is 3. The topological polar surface area (TPSA) is 54.9 Å². The highest BCUT2D eigenvalue weighted by Gasteiger charge is 2.22. The fraction of sp³-hybridized carbons (Fsp3) is 0.286. The zero-order valence-corrected chi connectivity index (χ0v) is 14.4. The zero-order chi connectivity index (χ0) is 17.2. The summed E-state index contributed by atoms with van der Waals surface area (Å²) in [7, 11) is 0. The quantitative estimate of drug-likeness (QED) is 0.795. The molecule has 2 heterocycles. The van der Waals surface area contributed by atoms with E-state index >= 15 is 0 Å². The van der Waals surface area contributed by atoms with Crippen molar-refractivity contribution in [1.82, 2.24) is 15.3 Å². The van der Waals surface area contributed by atoms with E-state index < -0.39 is 0 Å². The molecule has 2 aromatic heterocycles. The minimum absolute atomic E-state index is 0.0139. The van der Waals surface area contributed by atoms with Gasteiger partial charge >= 0.3 is 0 Å². The van der Waals surface area contributed by atoms with Crippen LogP contribution in [0, 0.1) is 6.92 Å². The van der Waals surface area contributed by atoms with E-state index in [0.29, 0.717) is 6.54 Å². The molecule has 0 radical (unpaired) electrons. The van der Waals surface area contributed by atoms with Gasteiger partial charge in [-0.3, -0.25) is 14.8 Å². The van der Waals surface area contributed by atoms with Gasteiger partial charge in [0.2, 0.25) is 0 Å². The molecule has 0 bridgehead atoms. The maximum Gasteiger partial charge on any atom is 0.252 e. The number of nitrogens with zero attached hydrogens (tertiary/aromatic N) is 2. The minimum atomic E-state index is -0.0139. The lowest BCUT2D eigenvalue weighted by Crippen LogP contribution is -2.26. The smallest absolute Gasteiger partial charge is 0.252 e. The van der Waals surface area contributed by atoms with Gasteiger partial charge in [0.25, 0.3) is 5.91 Å². The summed E-state index contributed by atoms with van der Waals surface area (Å²) in [6.45, 7) is 2.54. The van der Waals surface area contributed by atoms with E-state index in [2.05, 4.69) is 29.4 Å². The summed E-state index contributed by atoms with van der Waals surface area (Å²) in [6.07, 6.45) is 7.68. The Balaban J connectivity index is 1.76. The summed E-state index contributed by atoms with van der Waals surface area (Å²) in [5.74, 6) is -0.0139. The molecule has 0 unspecified atom stereocenters. The molecule has 25 heavy (non-hydrogen) atoms. The predicted molar refractivity (Wildman–Crippen MR) is 98.5 cm³/mol. The predicted octanol–water partition coefficient (Wildman–Crippen LogP) is 3.75. The van der Waals surface area contributed by atoms with E-state index in [1.54, 1.807) is 12.4 Å². The van der Waals surface area contributed by atoms with Crippen LogP contribution in [0.2, 0.25) is 0 Å². The van der Waals surface area contributed by atoms with Gasteiger partial charge in [-0.15, -0.1) is 0 Å². The number of hydrogen-bond donors (Lipinski definition) is 1. The van der Waals surface area contributed by atoms with Gasteiger partial charge in [-0.2, -0.15) is 0 Å². The summed E-state index contributed by atoms with van der Waals surface area (Å²) < 4.78 is 0. The van der Waals surface area contributed by atoms with Crippen molar-refractivity contribution in [3.8, 4) is 0 Å². The van der Waals surface area contributed by atoms with Crippen molar-refractivity contribution in [3.63, 3.8) is 0 Å². The van der Waals surface area contributed by atoms with Crippen molar-refractivity contribution >= 4 is 16.8 Å². The molecule has 4 nitrogen and oxygen atoms in total. The van der Waals surface area contributed by atoms with Crippen LogP contribution in [0.3, 0.4) is 0 Å². The van der Waals surface area contributed by atoms with Crippen LogP contribution in [-0.4, -0.2) is 15.9 Å². The zero-order valence-electron chi connectivity index (χ0n) is 14.4. The second-order valence-electron chi connectivity index (χ2n) is 6.68. The number of fused-ring (bicyclic) bond motifs is 2. The van der Waals surface area contributed by atoms with E-state index in [9.17, 15) is 4.79 Å². The van der Waals surface area contributed by atoms with Crippen molar-refractivity contribution < 1.29 is 4.79 Å². The molecule has 1 amide bonds. The number of amides is 1. The number of nitrogens with one attached hydrogen (secondary N) is 1. The highest BCUT2D eigenvalue weighted by Crippen LogP contribution is 2.29. The number of aryl methyl sites for hydroxylation is 2. The van der Waals surface area contributed by atoms with Crippen LogP contribution in [0.5, 0.6) is 0 Å². The van der Waals surface area contributed by atoms with E-state index in [-0.39, 0.29) is 5.91 Å². The highest BCUT2D eigenvalue weighted by molar-refractivity contribution is 6.07. The molecule has 4 heteroatoms. The fourth-order valence-electron chi connectivity index (χ4n) is 3.57. The number of aromatic nitrogens is 2. The molecular formula is C21H21N3O. The van der Waals surface area contributed by atoms with Crippen LogP contribution in [0.25, 0.3) is 10.9 Å². The molecule has 1 N–H and O–H groups in total. The Hall–Kier alpha value is -2.75. The van der Waals surface area contributed by atoms with Gasteiger partial charge in [0.1, 0.15) is 0 Å². The first-order chi connectivity index (χ1) is 12.2. The molecule has 1 aliphatic rings. The third kappa shape index (κ3) is 3.12. The van der Waals surface area contributed by atoms with Gasteiger partial charge in [0, 0.05) is 30.0 Å². The van der Waals surface area contributed by atoms with Crippen molar-refractivity contribution in [2.24, 2.45) is 0 Å². The standard InChI is InChI=1S/C21H21N3O/c1-14-8-9-19-17(11-14)20(16-6-2-3-7-18(16)24-19)21(25)23-13-15-5-4-10-22-12-15/h4-5,8-12H,2-3,6-7,13H2,1H3,(H,23,25). The van der Waals surface area contributed by atoms with Crippen molar-refractivity contribution in [2.75, 3.05) is 0 Å². The number of carbonyl (C=O) groups is 1. The van der Waals surface area contributed by atoms with Gasteiger partial charge in [0.15, 0.2) is 0 Å². The first-order valence-electron chi connectivity index (χ1n) is 8.81. The Labute approximate surface area is 147 Å². The van der Waals surface area contributed by atoms with Gasteiger partial charge in [-0.1, -0.05) is 17.7 Å². The summed E-state index contributed by atoms with van der Waals surface area (Å²) in [5, 5.41) is 4.03. The number of benzene rings is 1. The molecule has 0 saturated carbocycles. The number of pyridine rings is 2. The summed E-state index contributed by atoms with van der Waals surface area (Å²) >= 11 is 0. The molecule has 0 aliphatic heterocycles. The summed E-state index contributed by atoms with van der Waals surface area (Å²) in [6, 6.07) is 10.0. The monoisotopic (exact) mass is 331 g/mol. The molecular weight excluding hydrogens is 310 g/mol. The van der Waals surface area contributed by atoms with E-state index in [1.165, 1.54) is 0 Å². The molecule has 1 aliphatic carbocycles. The largest absolute Gasteiger partial charge is 0.348 e. The average molecular weight is 331 g/mol. The van der Waals surface area contributed by atoms with Crippen LogP contribution < -0.4 is 5.32 Å². The summed E-state index contributed by atoms with van der Waals surface area (Å²) in [4.78, 5) is 22.0. The lowest BCUT2D eigenvalue weighted by atomic mass is 9.89. The average Bonchev–Trinajstić information content (AvgIpc) is 2.65. The lowest BCUT2D eigenvalue weighted by Gasteiger charge is -2.20. The molecule has 126 valence electrons. The SMILES string of the molecule is Cc1ccc2nc3c(c(C(=O)NCc4cccnc4)c2c1)CCCC3. The van der Waals surface area contributed by atoms with Gasteiger partial charge in [-0.05, 0) is 61.9 Å². The van der Waals surface area contributed by atoms with E-state index in [0.717, 1.165) is 64.5 Å². The summed E-state index contributed by atoms with van der Waals surface area (Å²) in [5.41, 5.74) is 6.10. The Kier molecular flexibility index (Phi) is 4.18. The molecule has 0 fully saturated rings. The maximum absolute atomic E-state index is 13.1. The van der Waals surface area contributed by atoms with E-state index in [1.807, 2.05) is 18.2 Å². The normalized spacial score (nSPS) is 13.5. The molecule has 4 rings (SSSR count). The van der Waals surface area contributed by atoms with Crippen LogP contribution in [0.1, 0.15) is 45.6 Å². The lowest BCUT2D eigenvalue weighted by molar-refractivity contribution is 0.0951. The second kappa shape index (κ2) is 6.63. The first kappa shape index (κ1) is 15.8. The minimum Gasteiger partial charge on any atom is -0.348 e. The van der Waals surface area contributed by atoms with Crippen LogP contribution in [0.15, 0.2) is 42.7 Å². The van der Waals surface area contributed by atoms with E-state index in [4.69, 9.17) is 4.98 Å². The fourth-order valence-corrected chi connectivity index (χ4v) is 3.57. The van der Waals surface area contributed by atoms with Gasteiger partial charge in [-0.25, -0.2) is 0 Å². The third-order valence-corrected chi connectivity index (χ3v) is 4.82. The first-order valence-corrected chi connectivity index (χ1v) is 8.81. The Morgan fingerprint density at radius 2 is 2.08 bits per heavy atom. The molecule has 3 aromatic rings. The number of rotatable bonds is 3. The van der Waals surface area contributed by atoms with Crippen molar-refractivity contribution in [3.05, 3.63) is 70.7 Å². The van der Waals surface area contributed by atoms with Crippen molar-refractivity contribution in [2.45, 2.75) is 39.2 Å². The van der Waals surface area contributed by atoms with Crippen LogP contribution in [0.4, 0.5) is 0 Å². The van der Waals surface area contributed by atoms with Crippen molar-refractivity contribution in [1.29, 1.82) is 0 Å². The molecule has 0 atom stereocenters. The molecule has 0 saturated heterocycles. The third-order valence-electron chi connectivity index (χ3n) is 4.82. The molecule has 1 aromatic carbocycles.